The number of nitrogens with one attached hydrogen (secondary N) is 1. The van der Waals surface area contributed by atoms with Gasteiger partial charge in [0.1, 0.15) is 11.4 Å². The van der Waals surface area contributed by atoms with Crippen LogP contribution in [0.25, 0.3) is 5.57 Å². The normalized spacial score (nSPS) is 13.6. The van der Waals surface area contributed by atoms with Crippen molar-refractivity contribution in [2.45, 2.75) is 0 Å². The monoisotopic (exact) mass is 401 g/mol. The molecule has 2 aromatic carbocycles. The van der Waals surface area contributed by atoms with E-state index in [1.165, 1.54) is 11.3 Å². The van der Waals surface area contributed by atoms with Crippen molar-refractivity contribution in [3.63, 3.8) is 0 Å². The first kappa shape index (κ1) is 18.5. The summed E-state index contributed by atoms with van der Waals surface area (Å²) < 4.78 is 5.24. The molecule has 7 heteroatoms. The number of anilines is 2. The number of hydrogen-bond acceptors (Lipinski definition) is 6. The Labute approximate surface area is 171 Å². The van der Waals surface area contributed by atoms with Gasteiger partial charge in [-0.25, -0.2) is 4.90 Å². The fourth-order valence-corrected chi connectivity index (χ4v) is 3.83. The molecule has 4 rings (SSSR count). The number of nitrogens with zero attached hydrogens (tertiary/aromatic N) is 2. The van der Waals surface area contributed by atoms with Crippen molar-refractivity contribution in [3.05, 3.63) is 82.2 Å². The third-order valence-corrected chi connectivity index (χ3v) is 5.33. The molecule has 1 aromatic heterocycles. The van der Waals surface area contributed by atoms with Gasteiger partial charge in [0.15, 0.2) is 0 Å². The third-order valence-electron chi connectivity index (χ3n) is 4.45. The Morgan fingerprint density at radius 3 is 2.48 bits per heavy atom. The first-order valence-electron chi connectivity index (χ1n) is 8.70. The molecule has 3 aromatic rings. The first-order chi connectivity index (χ1) is 14.1. The Kier molecular flexibility index (Phi) is 4.85. The maximum Gasteiger partial charge on any atom is 0.282 e. The Morgan fingerprint density at radius 2 is 1.83 bits per heavy atom. The van der Waals surface area contributed by atoms with E-state index in [9.17, 15) is 9.59 Å². The van der Waals surface area contributed by atoms with E-state index in [1.54, 1.807) is 61.7 Å². The van der Waals surface area contributed by atoms with E-state index in [-0.39, 0.29) is 5.70 Å². The van der Waals surface area contributed by atoms with Crippen LogP contribution in [-0.4, -0.2) is 18.9 Å². The molecular weight excluding hydrogens is 386 g/mol. The van der Waals surface area contributed by atoms with Gasteiger partial charge in [-0.1, -0.05) is 12.1 Å². The van der Waals surface area contributed by atoms with Crippen LogP contribution in [0, 0.1) is 11.3 Å². The van der Waals surface area contributed by atoms with E-state index in [0.29, 0.717) is 33.1 Å². The number of ether oxygens (including phenoxy) is 1. The smallest absolute Gasteiger partial charge is 0.282 e. The summed E-state index contributed by atoms with van der Waals surface area (Å²) in [6.45, 7) is 0. The summed E-state index contributed by atoms with van der Waals surface area (Å²) in [6, 6.07) is 19.1. The van der Waals surface area contributed by atoms with Crippen LogP contribution in [0.2, 0.25) is 0 Å². The molecule has 0 saturated heterocycles. The molecule has 0 saturated carbocycles. The Morgan fingerprint density at radius 1 is 1.03 bits per heavy atom. The minimum absolute atomic E-state index is 0.204. The minimum Gasteiger partial charge on any atom is -0.497 e. The van der Waals surface area contributed by atoms with Crippen molar-refractivity contribution in [2.75, 3.05) is 17.3 Å². The maximum atomic E-state index is 13.2. The van der Waals surface area contributed by atoms with Crippen molar-refractivity contribution in [3.8, 4) is 11.8 Å². The predicted octanol–water partition coefficient (Wildman–Crippen LogP) is 4.02. The highest BCUT2D eigenvalue weighted by Crippen LogP contribution is 2.35. The first-order valence-corrected chi connectivity index (χ1v) is 9.58. The molecule has 142 valence electrons. The highest BCUT2D eigenvalue weighted by atomic mass is 32.1. The Bertz CT molecular complexity index is 1160. The quantitative estimate of drug-likeness (QED) is 0.653. The van der Waals surface area contributed by atoms with Gasteiger partial charge in [0.25, 0.3) is 11.8 Å². The lowest BCUT2D eigenvalue weighted by molar-refractivity contribution is -0.120. The highest BCUT2D eigenvalue weighted by molar-refractivity contribution is 7.11. The summed E-state index contributed by atoms with van der Waals surface area (Å²) in [5, 5.41) is 13.9. The number of hydrogen-bond donors (Lipinski definition) is 1. The number of imide groups is 1. The van der Waals surface area contributed by atoms with E-state index in [2.05, 4.69) is 5.32 Å². The van der Waals surface area contributed by atoms with Gasteiger partial charge < -0.3 is 10.1 Å². The topological polar surface area (TPSA) is 82.4 Å². The second-order valence-electron chi connectivity index (χ2n) is 6.19. The van der Waals surface area contributed by atoms with Crippen molar-refractivity contribution in [1.29, 1.82) is 5.26 Å². The number of benzene rings is 2. The zero-order chi connectivity index (χ0) is 20.4. The molecule has 29 heavy (non-hydrogen) atoms. The lowest BCUT2D eigenvalue weighted by Crippen LogP contribution is -2.32. The molecule has 0 bridgehead atoms. The zero-order valence-corrected chi connectivity index (χ0v) is 16.2. The molecule has 0 unspecified atom stereocenters. The van der Waals surface area contributed by atoms with Gasteiger partial charge in [-0.15, -0.1) is 11.3 Å². The summed E-state index contributed by atoms with van der Waals surface area (Å²) in [7, 11) is 1.56. The van der Waals surface area contributed by atoms with Crippen LogP contribution in [0.5, 0.6) is 5.75 Å². The number of rotatable bonds is 5. The summed E-state index contributed by atoms with van der Waals surface area (Å²) in [4.78, 5) is 28.3. The Balaban J connectivity index is 1.77. The van der Waals surface area contributed by atoms with Crippen LogP contribution >= 0.6 is 11.3 Å². The highest BCUT2D eigenvalue weighted by Gasteiger charge is 2.40. The second kappa shape index (κ2) is 7.62. The summed E-state index contributed by atoms with van der Waals surface area (Å²) in [5.74, 6) is -0.229. The van der Waals surface area contributed by atoms with E-state index >= 15 is 0 Å². The standard InChI is InChI=1S/C22H15N3O3S/c1-28-17-5-2-4-15(12-17)24-20-19(18-6-3-11-29-18)21(26)25(22(20)27)16-9-7-14(13-23)8-10-16/h2-12,24H,1H3. The van der Waals surface area contributed by atoms with E-state index in [0.717, 1.165) is 4.90 Å². The number of methoxy groups -OCH3 is 1. The molecule has 0 radical (unpaired) electrons. The van der Waals surface area contributed by atoms with Gasteiger partial charge in [-0.2, -0.15) is 5.26 Å². The molecule has 6 nitrogen and oxygen atoms in total. The van der Waals surface area contributed by atoms with Gasteiger partial charge in [0.05, 0.1) is 30.0 Å². The lowest BCUT2D eigenvalue weighted by atomic mass is 10.1. The van der Waals surface area contributed by atoms with Crippen molar-refractivity contribution >= 4 is 40.1 Å². The SMILES string of the molecule is COc1cccc(NC2=C(c3cccs3)C(=O)N(c3ccc(C#N)cc3)C2=O)c1. The molecule has 1 aliphatic rings. The second-order valence-corrected chi connectivity index (χ2v) is 7.14. The van der Waals surface area contributed by atoms with Gasteiger partial charge in [0.2, 0.25) is 0 Å². The molecule has 0 spiro atoms. The van der Waals surface area contributed by atoms with Crippen LogP contribution in [-0.2, 0) is 9.59 Å². The number of carbonyl (C=O) groups excluding carboxylic acids is 2. The van der Waals surface area contributed by atoms with Gasteiger partial charge >= 0.3 is 0 Å². The fourth-order valence-electron chi connectivity index (χ4n) is 3.06. The number of amides is 2. The van der Waals surface area contributed by atoms with Gasteiger partial charge in [-0.3, -0.25) is 9.59 Å². The van der Waals surface area contributed by atoms with Crippen molar-refractivity contribution in [2.24, 2.45) is 0 Å². The van der Waals surface area contributed by atoms with Crippen LogP contribution in [0.15, 0.2) is 71.7 Å². The molecule has 1 aliphatic heterocycles. The van der Waals surface area contributed by atoms with Crippen LogP contribution in [0.4, 0.5) is 11.4 Å². The van der Waals surface area contributed by atoms with Crippen molar-refractivity contribution < 1.29 is 14.3 Å². The third kappa shape index (κ3) is 3.37. The fraction of sp³-hybridized carbons (Fsp3) is 0.0455. The van der Waals surface area contributed by atoms with Crippen LogP contribution < -0.4 is 15.0 Å². The van der Waals surface area contributed by atoms with Crippen LogP contribution in [0.1, 0.15) is 10.4 Å². The maximum absolute atomic E-state index is 13.2. The average molecular weight is 401 g/mol. The average Bonchev–Trinajstić information content (AvgIpc) is 3.35. The molecule has 0 aliphatic carbocycles. The number of carbonyl (C=O) groups is 2. The molecule has 0 atom stereocenters. The molecule has 0 fully saturated rings. The molecule has 2 amide bonds. The summed E-state index contributed by atoms with van der Waals surface area (Å²) in [6.07, 6.45) is 0. The molecule has 2 heterocycles. The van der Waals surface area contributed by atoms with E-state index in [1.807, 2.05) is 17.5 Å². The van der Waals surface area contributed by atoms with Crippen molar-refractivity contribution in [1.82, 2.24) is 0 Å². The number of thiophene rings is 1. The minimum atomic E-state index is -0.453. The van der Waals surface area contributed by atoms with Gasteiger partial charge in [0, 0.05) is 16.6 Å². The zero-order valence-electron chi connectivity index (χ0n) is 15.4. The van der Waals surface area contributed by atoms with E-state index < -0.39 is 11.8 Å². The summed E-state index contributed by atoms with van der Waals surface area (Å²) >= 11 is 1.39. The van der Waals surface area contributed by atoms with E-state index in [4.69, 9.17) is 10.00 Å². The molecule has 1 N–H and O–H groups in total. The Hall–Kier alpha value is -3.89. The summed E-state index contributed by atoms with van der Waals surface area (Å²) in [5.41, 5.74) is 2.02. The predicted molar refractivity (Wildman–Crippen MR) is 112 cm³/mol. The van der Waals surface area contributed by atoms with Gasteiger partial charge in [-0.05, 0) is 47.8 Å². The lowest BCUT2D eigenvalue weighted by Gasteiger charge is -2.15. The largest absolute Gasteiger partial charge is 0.497 e. The van der Waals surface area contributed by atoms with Crippen LogP contribution in [0.3, 0.4) is 0 Å². The number of nitriles is 1. The molecular formula is C22H15N3O3S.